The Hall–Kier alpha value is -2.36. The van der Waals surface area contributed by atoms with Crippen molar-refractivity contribution >= 4 is 0 Å². The first-order valence-electron chi connectivity index (χ1n) is 6.85. The molecule has 2 heterocycles. The third kappa shape index (κ3) is 2.25. The van der Waals surface area contributed by atoms with Gasteiger partial charge in [0.2, 0.25) is 0 Å². The number of nitriles is 1. The van der Waals surface area contributed by atoms with Gasteiger partial charge in [0.25, 0.3) is 0 Å². The zero-order valence-electron chi connectivity index (χ0n) is 11.9. The van der Waals surface area contributed by atoms with E-state index in [1.165, 1.54) is 6.07 Å². The van der Waals surface area contributed by atoms with E-state index in [0.717, 1.165) is 37.2 Å². The van der Waals surface area contributed by atoms with Gasteiger partial charge in [0.05, 0.1) is 22.9 Å². The Morgan fingerprint density at radius 2 is 2.05 bits per heavy atom. The number of hydrogen-bond donors (Lipinski definition) is 0. The highest BCUT2D eigenvalue weighted by Gasteiger charge is 2.42. The Bertz CT molecular complexity index is 751. The molecule has 1 saturated carbocycles. The molecule has 0 atom stereocenters. The highest BCUT2D eigenvalue weighted by atomic mass is 19.4. The molecule has 2 aromatic heterocycles. The molecule has 3 rings (SSSR count). The van der Waals surface area contributed by atoms with Crippen LogP contribution >= 0.6 is 0 Å². The number of aromatic nitrogens is 3. The molecule has 0 saturated heterocycles. The Balaban J connectivity index is 2.03. The Morgan fingerprint density at radius 1 is 1.32 bits per heavy atom. The molecule has 4 nitrogen and oxygen atoms in total. The van der Waals surface area contributed by atoms with E-state index in [9.17, 15) is 18.4 Å². The number of hydrogen-bond acceptors (Lipinski definition) is 3. The van der Waals surface area contributed by atoms with Crippen molar-refractivity contribution < 1.29 is 13.2 Å². The van der Waals surface area contributed by atoms with Crippen LogP contribution < -0.4 is 0 Å². The summed E-state index contributed by atoms with van der Waals surface area (Å²) in [4.78, 5) is 3.35. The van der Waals surface area contributed by atoms with Crippen molar-refractivity contribution in [1.29, 1.82) is 5.26 Å². The summed E-state index contributed by atoms with van der Waals surface area (Å²) in [5.41, 5.74) is 0.0147. The van der Waals surface area contributed by atoms with Gasteiger partial charge in [-0.3, -0.25) is 9.67 Å². The fourth-order valence-electron chi connectivity index (χ4n) is 2.76. The predicted molar refractivity (Wildman–Crippen MR) is 72.6 cm³/mol. The number of aryl methyl sites for hydroxylation is 1. The van der Waals surface area contributed by atoms with Crippen LogP contribution in [0.4, 0.5) is 13.2 Å². The lowest BCUT2D eigenvalue weighted by molar-refractivity contribution is -0.141. The monoisotopic (exact) mass is 306 g/mol. The van der Waals surface area contributed by atoms with Crippen molar-refractivity contribution in [2.45, 2.75) is 30.9 Å². The molecule has 114 valence electrons. The largest absolute Gasteiger partial charge is 0.433 e. The number of halogens is 3. The molecule has 1 aliphatic carbocycles. The lowest BCUT2D eigenvalue weighted by Gasteiger charge is -2.34. The second kappa shape index (κ2) is 4.83. The summed E-state index contributed by atoms with van der Waals surface area (Å²) in [6, 6.07) is 6.49. The fourth-order valence-corrected chi connectivity index (χ4v) is 2.76. The summed E-state index contributed by atoms with van der Waals surface area (Å²) in [6.07, 6.45) is -0.883. The molecule has 22 heavy (non-hydrogen) atoms. The predicted octanol–water partition coefficient (Wildman–Crippen LogP) is 3.45. The number of alkyl halides is 3. The van der Waals surface area contributed by atoms with Crippen molar-refractivity contribution in [3.05, 3.63) is 35.8 Å². The van der Waals surface area contributed by atoms with E-state index in [0.29, 0.717) is 11.3 Å². The molecule has 7 heteroatoms. The lowest BCUT2D eigenvalue weighted by atomic mass is 9.67. The molecule has 0 aliphatic heterocycles. The molecule has 2 aromatic rings. The molecule has 0 unspecified atom stereocenters. The van der Waals surface area contributed by atoms with Crippen LogP contribution in [-0.2, 0) is 18.6 Å². The second-order valence-corrected chi connectivity index (χ2v) is 5.51. The molecule has 0 N–H and O–H groups in total. The van der Waals surface area contributed by atoms with Gasteiger partial charge in [-0.15, -0.1) is 0 Å². The summed E-state index contributed by atoms with van der Waals surface area (Å²) in [5.74, 6) is 0. The van der Waals surface area contributed by atoms with Crippen molar-refractivity contribution in [1.82, 2.24) is 14.8 Å². The number of pyridine rings is 1. The van der Waals surface area contributed by atoms with Crippen LogP contribution in [-0.4, -0.2) is 14.8 Å². The summed E-state index contributed by atoms with van der Waals surface area (Å²) < 4.78 is 39.8. The molecule has 1 aliphatic rings. The summed E-state index contributed by atoms with van der Waals surface area (Å²) in [5, 5.41) is 13.7. The molecule has 0 aromatic carbocycles. The molecule has 0 bridgehead atoms. The van der Waals surface area contributed by atoms with Gasteiger partial charge in [-0.25, -0.2) is 0 Å². The van der Waals surface area contributed by atoms with E-state index in [1.807, 2.05) is 0 Å². The maximum absolute atomic E-state index is 12.7. The molecule has 0 spiro atoms. The van der Waals surface area contributed by atoms with Crippen LogP contribution in [0.2, 0.25) is 0 Å². The molecule has 0 radical (unpaired) electrons. The quantitative estimate of drug-likeness (QED) is 0.854. The van der Waals surface area contributed by atoms with E-state index >= 15 is 0 Å². The number of nitrogens with zero attached hydrogens (tertiary/aromatic N) is 4. The highest BCUT2D eigenvalue weighted by molar-refractivity contribution is 5.60. The average molecular weight is 306 g/mol. The molecular weight excluding hydrogens is 293 g/mol. The minimum absolute atomic E-state index is 0.344. The Labute approximate surface area is 125 Å². The van der Waals surface area contributed by atoms with Crippen molar-refractivity contribution in [2.24, 2.45) is 7.05 Å². The van der Waals surface area contributed by atoms with Crippen LogP contribution in [0, 0.1) is 11.3 Å². The van der Waals surface area contributed by atoms with Gasteiger partial charge in [0, 0.05) is 18.8 Å². The Kier molecular flexibility index (Phi) is 3.20. The molecule has 1 fully saturated rings. The van der Waals surface area contributed by atoms with Gasteiger partial charge in [-0.2, -0.15) is 23.5 Å². The molecule has 0 amide bonds. The van der Waals surface area contributed by atoms with Gasteiger partial charge >= 0.3 is 6.18 Å². The van der Waals surface area contributed by atoms with Crippen molar-refractivity contribution in [3.8, 4) is 17.3 Å². The first kappa shape index (κ1) is 14.6. The van der Waals surface area contributed by atoms with Crippen molar-refractivity contribution in [2.75, 3.05) is 0 Å². The average Bonchev–Trinajstić information content (AvgIpc) is 2.80. The normalized spacial score (nSPS) is 16.9. The van der Waals surface area contributed by atoms with E-state index < -0.39 is 17.3 Å². The van der Waals surface area contributed by atoms with Crippen LogP contribution in [0.5, 0.6) is 0 Å². The van der Waals surface area contributed by atoms with Crippen LogP contribution in [0.25, 0.3) is 11.3 Å². The van der Waals surface area contributed by atoms with Gasteiger partial charge < -0.3 is 0 Å². The first-order chi connectivity index (χ1) is 10.4. The van der Waals surface area contributed by atoms with Gasteiger partial charge in [0.15, 0.2) is 0 Å². The van der Waals surface area contributed by atoms with Gasteiger partial charge in [-0.1, -0.05) is 0 Å². The minimum atomic E-state index is -4.49. The standard InChI is InChI=1S/C15H13F3N4/c1-22-13(14(9-19)4-2-5-14)8-11(21-22)10-3-6-20-12(7-10)15(16,17)18/h3,6-8H,2,4-5H2,1H3. The van der Waals surface area contributed by atoms with Gasteiger partial charge in [-0.05, 0) is 37.5 Å². The van der Waals surface area contributed by atoms with Gasteiger partial charge in [0.1, 0.15) is 5.69 Å². The van der Waals surface area contributed by atoms with Crippen LogP contribution in [0.3, 0.4) is 0 Å². The fraction of sp³-hybridized carbons (Fsp3) is 0.400. The molecular formula is C15H13F3N4. The zero-order valence-corrected chi connectivity index (χ0v) is 11.9. The SMILES string of the molecule is Cn1nc(-c2ccnc(C(F)(F)F)c2)cc1C1(C#N)CCC1. The van der Waals surface area contributed by atoms with Crippen LogP contribution in [0.15, 0.2) is 24.4 Å². The van der Waals surface area contributed by atoms with E-state index in [4.69, 9.17) is 0 Å². The summed E-state index contributed by atoms with van der Waals surface area (Å²) >= 11 is 0. The zero-order chi connectivity index (χ0) is 16.0. The maximum atomic E-state index is 12.7. The minimum Gasteiger partial charge on any atom is -0.270 e. The third-order valence-electron chi connectivity index (χ3n) is 4.14. The van der Waals surface area contributed by atoms with E-state index in [2.05, 4.69) is 16.2 Å². The topological polar surface area (TPSA) is 54.5 Å². The first-order valence-corrected chi connectivity index (χ1v) is 6.85. The second-order valence-electron chi connectivity index (χ2n) is 5.51. The smallest absolute Gasteiger partial charge is 0.270 e. The van der Waals surface area contributed by atoms with E-state index in [1.54, 1.807) is 17.8 Å². The Morgan fingerprint density at radius 3 is 2.59 bits per heavy atom. The number of rotatable bonds is 2. The lowest BCUT2D eigenvalue weighted by Crippen LogP contribution is -2.34. The van der Waals surface area contributed by atoms with Crippen molar-refractivity contribution in [3.63, 3.8) is 0 Å². The maximum Gasteiger partial charge on any atom is 0.433 e. The van der Waals surface area contributed by atoms with E-state index in [-0.39, 0.29) is 0 Å². The summed E-state index contributed by atoms with van der Waals surface area (Å²) in [7, 11) is 1.71. The third-order valence-corrected chi connectivity index (χ3v) is 4.14. The highest BCUT2D eigenvalue weighted by Crippen LogP contribution is 2.44. The summed E-state index contributed by atoms with van der Waals surface area (Å²) in [6.45, 7) is 0. The van der Waals surface area contributed by atoms with Crippen LogP contribution in [0.1, 0.15) is 30.7 Å².